The molecule has 1 atom stereocenters. The van der Waals surface area contributed by atoms with Gasteiger partial charge in [-0.15, -0.1) is 0 Å². The number of ether oxygens (including phenoxy) is 1. The number of nitrogens with zero attached hydrogens (tertiary/aromatic N) is 1. The van der Waals surface area contributed by atoms with Crippen LogP contribution in [0.3, 0.4) is 0 Å². The highest BCUT2D eigenvalue weighted by molar-refractivity contribution is 6.01. The Balaban J connectivity index is 2.06. The molecule has 4 heteroatoms. The van der Waals surface area contributed by atoms with Gasteiger partial charge in [-0.1, -0.05) is 45.0 Å². The predicted octanol–water partition coefficient (Wildman–Crippen LogP) is 4.28. The Morgan fingerprint density at radius 2 is 1.48 bits per heavy atom. The second-order valence-electron chi connectivity index (χ2n) is 6.93. The van der Waals surface area contributed by atoms with Crippen molar-refractivity contribution < 1.29 is 14.3 Å². The van der Waals surface area contributed by atoms with Gasteiger partial charge in [0.1, 0.15) is 0 Å². The molecule has 25 heavy (non-hydrogen) atoms. The molecule has 0 bridgehead atoms. The lowest BCUT2D eigenvalue weighted by Gasteiger charge is -2.19. The fourth-order valence-electron chi connectivity index (χ4n) is 2.33. The van der Waals surface area contributed by atoms with Crippen molar-refractivity contribution in [1.82, 2.24) is 0 Å². The maximum absolute atomic E-state index is 12.5. The normalized spacial score (nSPS) is 12.1. The molecule has 0 aliphatic heterocycles. The topological polar surface area (TPSA) is 67.2 Å². The Kier molecular flexibility index (Phi) is 5.38. The SMILES string of the molecule is C[C@@H](OC(=O)c1ccc(C#N)cc1)C(=O)c1ccc(C(C)(C)C)cc1. The molecule has 0 N–H and O–H groups in total. The summed E-state index contributed by atoms with van der Waals surface area (Å²) in [7, 11) is 0. The molecule has 0 aliphatic carbocycles. The molecule has 0 fully saturated rings. The molecule has 2 aromatic carbocycles. The van der Waals surface area contributed by atoms with E-state index in [2.05, 4.69) is 20.8 Å². The summed E-state index contributed by atoms with van der Waals surface area (Å²) in [5.41, 5.74) is 2.41. The van der Waals surface area contributed by atoms with Gasteiger partial charge in [0, 0.05) is 5.56 Å². The van der Waals surface area contributed by atoms with Crippen LogP contribution in [-0.2, 0) is 10.2 Å². The molecule has 0 saturated heterocycles. The molecule has 0 spiro atoms. The molecule has 2 rings (SSSR count). The van der Waals surface area contributed by atoms with Crippen LogP contribution in [0.4, 0.5) is 0 Å². The summed E-state index contributed by atoms with van der Waals surface area (Å²) in [6.45, 7) is 7.87. The van der Waals surface area contributed by atoms with E-state index in [0.29, 0.717) is 16.7 Å². The van der Waals surface area contributed by atoms with E-state index in [9.17, 15) is 9.59 Å². The summed E-state index contributed by atoms with van der Waals surface area (Å²) in [6, 6.07) is 15.4. The largest absolute Gasteiger partial charge is 0.451 e. The minimum Gasteiger partial charge on any atom is -0.451 e. The van der Waals surface area contributed by atoms with E-state index >= 15 is 0 Å². The molecular formula is C21H21NO3. The average molecular weight is 335 g/mol. The van der Waals surface area contributed by atoms with Crippen molar-refractivity contribution in [2.75, 3.05) is 0 Å². The van der Waals surface area contributed by atoms with Crippen molar-refractivity contribution in [3.05, 3.63) is 70.8 Å². The smallest absolute Gasteiger partial charge is 0.338 e. The lowest BCUT2D eigenvalue weighted by molar-refractivity contribution is 0.0319. The molecule has 4 nitrogen and oxygen atoms in total. The summed E-state index contributed by atoms with van der Waals surface area (Å²) in [5, 5.41) is 8.77. The zero-order valence-electron chi connectivity index (χ0n) is 14.9. The first-order valence-corrected chi connectivity index (χ1v) is 8.08. The molecular weight excluding hydrogens is 314 g/mol. The second-order valence-corrected chi connectivity index (χ2v) is 6.93. The van der Waals surface area contributed by atoms with Gasteiger partial charge in [-0.2, -0.15) is 5.26 Å². The molecule has 0 saturated carbocycles. The predicted molar refractivity (Wildman–Crippen MR) is 95.5 cm³/mol. The monoisotopic (exact) mass is 335 g/mol. The van der Waals surface area contributed by atoms with Gasteiger partial charge < -0.3 is 4.74 Å². The van der Waals surface area contributed by atoms with Gasteiger partial charge in [-0.3, -0.25) is 4.79 Å². The van der Waals surface area contributed by atoms with Crippen LogP contribution in [0.15, 0.2) is 48.5 Å². The van der Waals surface area contributed by atoms with Crippen molar-refractivity contribution in [2.24, 2.45) is 0 Å². The molecule has 0 heterocycles. The van der Waals surface area contributed by atoms with Crippen LogP contribution in [0.2, 0.25) is 0 Å². The highest BCUT2D eigenvalue weighted by atomic mass is 16.5. The standard InChI is InChI=1S/C21H21NO3/c1-14(25-20(24)17-7-5-15(13-22)6-8-17)19(23)16-9-11-18(12-10-16)21(2,3)4/h5-12,14H,1-4H3/t14-/m1/s1. The third kappa shape index (κ3) is 4.54. The van der Waals surface area contributed by atoms with E-state index in [4.69, 9.17) is 10.00 Å². The number of benzene rings is 2. The second kappa shape index (κ2) is 7.31. The number of carbonyl (C=O) groups excluding carboxylic acids is 2. The highest BCUT2D eigenvalue weighted by Gasteiger charge is 2.21. The van der Waals surface area contributed by atoms with E-state index in [-0.39, 0.29) is 11.2 Å². The van der Waals surface area contributed by atoms with E-state index in [1.165, 1.54) is 24.3 Å². The molecule has 0 aromatic heterocycles. The Morgan fingerprint density at radius 3 is 1.96 bits per heavy atom. The summed E-state index contributed by atoms with van der Waals surface area (Å²) in [5.74, 6) is -0.834. The molecule has 2 aromatic rings. The molecule has 0 unspecified atom stereocenters. The van der Waals surface area contributed by atoms with Gasteiger partial charge in [0.25, 0.3) is 0 Å². The van der Waals surface area contributed by atoms with Crippen LogP contribution >= 0.6 is 0 Å². The number of ketones is 1. The van der Waals surface area contributed by atoms with E-state index in [1.807, 2.05) is 18.2 Å². The van der Waals surface area contributed by atoms with Gasteiger partial charge in [0.05, 0.1) is 17.2 Å². The zero-order valence-corrected chi connectivity index (χ0v) is 14.9. The van der Waals surface area contributed by atoms with Gasteiger partial charge in [0.15, 0.2) is 6.10 Å². The minimum atomic E-state index is -0.886. The van der Waals surface area contributed by atoms with Crippen LogP contribution in [0, 0.1) is 11.3 Å². The Labute approximate surface area is 148 Å². The number of hydrogen-bond donors (Lipinski definition) is 0. The van der Waals surface area contributed by atoms with Crippen LogP contribution in [0.5, 0.6) is 0 Å². The van der Waals surface area contributed by atoms with E-state index in [0.717, 1.165) is 5.56 Å². The van der Waals surface area contributed by atoms with Gasteiger partial charge in [-0.05, 0) is 42.2 Å². The van der Waals surface area contributed by atoms with Crippen molar-refractivity contribution in [2.45, 2.75) is 39.2 Å². The summed E-state index contributed by atoms with van der Waals surface area (Å²) < 4.78 is 5.25. The lowest BCUT2D eigenvalue weighted by atomic mass is 9.86. The first-order valence-electron chi connectivity index (χ1n) is 8.08. The number of Topliss-reactive ketones (excluding diaryl/α,β-unsaturated/α-hetero) is 1. The van der Waals surface area contributed by atoms with Gasteiger partial charge in [-0.25, -0.2) is 4.79 Å². The van der Waals surface area contributed by atoms with Crippen molar-refractivity contribution in [1.29, 1.82) is 5.26 Å². The first-order chi connectivity index (χ1) is 11.7. The Hall–Kier alpha value is -2.93. The van der Waals surface area contributed by atoms with Crippen molar-refractivity contribution in [3.63, 3.8) is 0 Å². The number of hydrogen-bond acceptors (Lipinski definition) is 4. The van der Waals surface area contributed by atoms with Crippen LogP contribution in [0.25, 0.3) is 0 Å². The highest BCUT2D eigenvalue weighted by Crippen LogP contribution is 2.22. The Bertz CT molecular complexity index is 806. The number of rotatable bonds is 4. The minimum absolute atomic E-state index is 0.00918. The van der Waals surface area contributed by atoms with Crippen molar-refractivity contribution in [3.8, 4) is 6.07 Å². The van der Waals surface area contributed by atoms with E-state index < -0.39 is 12.1 Å². The van der Waals surface area contributed by atoms with Gasteiger partial charge in [0.2, 0.25) is 5.78 Å². The van der Waals surface area contributed by atoms with Crippen LogP contribution in [-0.4, -0.2) is 17.9 Å². The first kappa shape index (κ1) is 18.4. The third-order valence-corrected chi connectivity index (χ3v) is 3.94. The fraction of sp³-hybridized carbons (Fsp3) is 0.286. The number of nitriles is 1. The number of carbonyl (C=O) groups is 2. The quantitative estimate of drug-likeness (QED) is 0.617. The lowest BCUT2D eigenvalue weighted by Crippen LogP contribution is -2.24. The fourth-order valence-corrected chi connectivity index (χ4v) is 2.33. The zero-order chi connectivity index (χ0) is 18.6. The van der Waals surface area contributed by atoms with Gasteiger partial charge >= 0.3 is 5.97 Å². The molecule has 128 valence electrons. The maximum Gasteiger partial charge on any atom is 0.338 e. The molecule has 0 amide bonds. The average Bonchev–Trinajstić information content (AvgIpc) is 2.60. The summed E-state index contributed by atoms with van der Waals surface area (Å²) in [4.78, 5) is 24.6. The third-order valence-electron chi connectivity index (χ3n) is 3.94. The van der Waals surface area contributed by atoms with Crippen LogP contribution < -0.4 is 0 Å². The van der Waals surface area contributed by atoms with E-state index in [1.54, 1.807) is 19.1 Å². The maximum atomic E-state index is 12.5. The number of esters is 1. The van der Waals surface area contributed by atoms with Crippen molar-refractivity contribution >= 4 is 11.8 Å². The summed E-state index contributed by atoms with van der Waals surface area (Å²) in [6.07, 6.45) is -0.886. The molecule has 0 radical (unpaired) electrons. The molecule has 0 aliphatic rings. The van der Waals surface area contributed by atoms with Crippen LogP contribution in [0.1, 0.15) is 59.5 Å². The summed E-state index contributed by atoms with van der Waals surface area (Å²) >= 11 is 0. The Morgan fingerprint density at radius 1 is 0.960 bits per heavy atom.